The molecule has 2 aromatic rings. The third kappa shape index (κ3) is 3.99. The number of hydrogen-bond donors (Lipinski definition) is 2. The smallest absolute Gasteiger partial charge is 0.125 e. The third-order valence-corrected chi connectivity index (χ3v) is 4.34. The molecular weight excluding hydrogens is 299 g/mol. The van der Waals surface area contributed by atoms with Gasteiger partial charge in [-0.3, -0.25) is 0 Å². The standard InChI is InChI=1S/C18H20ClFN2/c19-14-5-1-4-13(10-14)11-18-17(8-3-9-21-18)22-16-7-2-6-15(20)12-16/h1-2,4-7,10,12,17-18,21-22H,3,8-9,11H2/t17-,18-/m0/s1. The zero-order chi connectivity index (χ0) is 15.4. The van der Waals surface area contributed by atoms with Crippen molar-refractivity contribution in [3.05, 3.63) is 64.9 Å². The van der Waals surface area contributed by atoms with Crippen molar-refractivity contribution in [2.45, 2.75) is 31.3 Å². The van der Waals surface area contributed by atoms with Crippen molar-refractivity contribution in [3.63, 3.8) is 0 Å². The summed E-state index contributed by atoms with van der Waals surface area (Å²) in [4.78, 5) is 0. The summed E-state index contributed by atoms with van der Waals surface area (Å²) in [5.41, 5.74) is 2.06. The van der Waals surface area contributed by atoms with Gasteiger partial charge >= 0.3 is 0 Å². The van der Waals surface area contributed by atoms with Gasteiger partial charge in [-0.25, -0.2) is 4.39 Å². The molecule has 0 spiro atoms. The largest absolute Gasteiger partial charge is 0.381 e. The summed E-state index contributed by atoms with van der Waals surface area (Å²) in [5.74, 6) is -0.208. The lowest BCUT2D eigenvalue weighted by molar-refractivity contribution is 0.366. The molecule has 1 aliphatic rings. The fourth-order valence-corrected chi connectivity index (χ4v) is 3.26. The van der Waals surface area contributed by atoms with Crippen LogP contribution in [0.5, 0.6) is 0 Å². The first kappa shape index (κ1) is 15.3. The molecule has 0 amide bonds. The minimum absolute atomic E-state index is 0.208. The van der Waals surface area contributed by atoms with E-state index in [-0.39, 0.29) is 11.9 Å². The summed E-state index contributed by atoms with van der Waals surface area (Å²) in [5, 5.41) is 7.81. The molecule has 2 atom stereocenters. The molecule has 0 aromatic heterocycles. The maximum atomic E-state index is 13.3. The van der Waals surface area contributed by atoms with Gasteiger partial charge in [-0.1, -0.05) is 29.8 Å². The van der Waals surface area contributed by atoms with Gasteiger partial charge in [0.25, 0.3) is 0 Å². The van der Waals surface area contributed by atoms with Crippen LogP contribution in [-0.4, -0.2) is 18.6 Å². The van der Waals surface area contributed by atoms with E-state index >= 15 is 0 Å². The quantitative estimate of drug-likeness (QED) is 0.880. The second-order valence-electron chi connectivity index (χ2n) is 5.80. The molecule has 1 fully saturated rings. The molecule has 0 bridgehead atoms. The molecular formula is C18H20ClFN2. The Morgan fingerprint density at radius 3 is 2.86 bits per heavy atom. The Bertz CT molecular complexity index is 576. The van der Waals surface area contributed by atoms with Gasteiger partial charge in [-0.05, 0) is 61.7 Å². The van der Waals surface area contributed by atoms with E-state index in [1.54, 1.807) is 12.1 Å². The number of benzene rings is 2. The van der Waals surface area contributed by atoms with E-state index < -0.39 is 0 Å². The van der Waals surface area contributed by atoms with Crippen LogP contribution >= 0.6 is 11.6 Å². The summed E-state index contributed by atoms with van der Waals surface area (Å²) >= 11 is 6.07. The third-order valence-electron chi connectivity index (χ3n) is 4.11. The maximum absolute atomic E-state index is 13.3. The van der Waals surface area contributed by atoms with Crippen molar-refractivity contribution < 1.29 is 4.39 Å². The number of anilines is 1. The molecule has 2 nitrogen and oxygen atoms in total. The first-order valence-corrected chi connectivity index (χ1v) is 8.08. The van der Waals surface area contributed by atoms with E-state index in [4.69, 9.17) is 11.6 Å². The van der Waals surface area contributed by atoms with E-state index in [0.29, 0.717) is 6.04 Å². The zero-order valence-electron chi connectivity index (χ0n) is 12.4. The van der Waals surface area contributed by atoms with E-state index in [9.17, 15) is 4.39 Å². The molecule has 116 valence electrons. The van der Waals surface area contributed by atoms with Crippen molar-refractivity contribution in [2.24, 2.45) is 0 Å². The topological polar surface area (TPSA) is 24.1 Å². The molecule has 2 N–H and O–H groups in total. The van der Waals surface area contributed by atoms with Gasteiger partial charge in [-0.2, -0.15) is 0 Å². The average molecular weight is 319 g/mol. The van der Waals surface area contributed by atoms with Gasteiger partial charge in [0.1, 0.15) is 5.82 Å². The SMILES string of the molecule is Fc1cccc(N[C@H]2CCCN[C@H]2Cc2cccc(Cl)c2)c1. The number of piperidine rings is 1. The lowest BCUT2D eigenvalue weighted by Gasteiger charge is -2.34. The fraction of sp³-hybridized carbons (Fsp3) is 0.333. The van der Waals surface area contributed by atoms with Gasteiger partial charge in [0.2, 0.25) is 0 Å². The first-order chi connectivity index (χ1) is 10.7. The summed E-state index contributed by atoms with van der Waals surface area (Å²) in [7, 11) is 0. The first-order valence-electron chi connectivity index (χ1n) is 7.70. The summed E-state index contributed by atoms with van der Waals surface area (Å²) in [6.45, 7) is 1.02. The van der Waals surface area contributed by atoms with Crippen molar-refractivity contribution in [1.29, 1.82) is 0 Å². The Hall–Kier alpha value is -1.58. The van der Waals surface area contributed by atoms with Crippen LogP contribution in [0.4, 0.5) is 10.1 Å². The molecule has 0 radical (unpaired) electrons. The van der Waals surface area contributed by atoms with Gasteiger partial charge in [0.05, 0.1) is 0 Å². The number of halogens is 2. The van der Waals surface area contributed by atoms with Gasteiger partial charge in [0, 0.05) is 22.8 Å². The Morgan fingerprint density at radius 1 is 1.18 bits per heavy atom. The minimum Gasteiger partial charge on any atom is -0.381 e. The Kier molecular flexibility index (Phi) is 4.96. The summed E-state index contributed by atoms with van der Waals surface area (Å²) in [6.07, 6.45) is 3.11. The number of rotatable bonds is 4. The van der Waals surface area contributed by atoms with Crippen molar-refractivity contribution in [2.75, 3.05) is 11.9 Å². The number of hydrogen-bond acceptors (Lipinski definition) is 2. The van der Waals surface area contributed by atoms with Crippen molar-refractivity contribution in [3.8, 4) is 0 Å². The molecule has 2 aromatic carbocycles. The van der Waals surface area contributed by atoms with Crippen LogP contribution in [0.3, 0.4) is 0 Å². The Balaban J connectivity index is 1.71. The lowest BCUT2D eigenvalue weighted by Crippen LogP contribution is -2.49. The highest BCUT2D eigenvalue weighted by Crippen LogP contribution is 2.20. The van der Waals surface area contributed by atoms with Crippen molar-refractivity contribution >= 4 is 17.3 Å². The van der Waals surface area contributed by atoms with Crippen LogP contribution in [0.1, 0.15) is 18.4 Å². The van der Waals surface area contributed by atoms with Crippen LogP contribution in [0.15, 0.2) is 48.5 Å². The molecule has 1 aliphatic heterocycles. The zero-order valence-corrected chi connectivity index (χ0v) is 13.1. The Labute approximate surface area is 135 Å². The second-order valence-corrected chi connectivity index (χ2v) is 6.23. The molecule has 0 unspecified atom stereocenters. The molecule has 22 heavy (non-hydrogen) atoms. The minimum atomic E-state index is -0.208. The molecule has 0 saturated carbocycles. The second kappa shape index (κ2) is 7.12. The number of nitrogens with one attached hydrogen (secondary N) is 2. The Morgan fingerprint density at radius 2 is 2.05 bits per heavy atom. The van der Waals surface area contributed by atoms with Crippen LogP contribution in [0, 0.1) is 5.82 Å². The molecule has 1 saturated heterocycles. The fourth-order valence-electron chi connectivity index (χ4n) is 3.05. The van der Waals surface area contributed by atoms with Crippen LogP contribution in [0.2, 0.25) is 5.02 Å². The molecule has 0 aliphatic carbocycles. The summed E-state index contributed by atoms with van der Waals surface area (Å²) in [6, 6.07) is 15.2. The highest BCUT2D eigenvalue weighted by molar-refractivity contribution is 6.30. The highest BCUT2D eigenvalue weighted by Gasteiger charge is 2.24. The predicted octanol–water partition coefficient (Wildman–Crippen LogP) is 4.25. The van der Waals surface area contributed by atoms with Gasteiger partial charge in [-0.15, -0.1) is 0 Å². The van der Waals surface area contributed by atoms with Crippen LogP contribution in [-0.2, 0) is 6.42 Å². The normalized spacial score (nSPS) is 21.5. The lowest BCUT2D eigenvalue weighted by atomic mass is 9.92. The van der Waals surface area contributed by atoms with Crippen molar-refractivity contribution in [1.82, 2.24) is 5.32 Å². The summed E-state index contributed by atoms with van der Waals surface area (Å²) < 4.78 is 13.3. The average Bonchev–Trinajstić information content (AvgIpc) is 2.49. The van der Waals surface area contributed by atoms with E-state index in [2.05, 4.69) is 16.7 Å². The van der Waals surface area contributed by atoms with E-state index in [1.807, 2.05) is 24.3 Å². The molecule has 1 heterocycles. The van der Waals surface area contributed by atoms with Gasteiger partial charge in [0.15, 0.2) is 0 Å². The van der Waals surface area contributed by atoms with Crippen LogP contribution < -0.4 is 10.6 Å². The van der Waals surface area contributed by atoms with E-state index in [0.717, 1.165) is 36.5 Å². The van der Waals surface area contributed by atoms with Gasteiger partial charge < -0.3 is 10.6 Å². The molecule has 4 heteroatoms. The monoisotopic (exact) mass is 318 g/mol. The molecule has 3 rings (SSSR count). The van der Waals surface area contributed by atoms with Crippen LogP contribution in [0.25, 0.3) is 0 Å². The maximum Gasteiger partial charge on any atom is 0.125 e. The highest BCUT2D eigenvalue weighted by atomic mass is 35.5. The predicted molar refractivity (Wildman–Crippen MR) is 90.0 cm³/mol. The van der Waals surface area contributed by atoms with E-state index in [1.165, 1.54) is 11.6 Å².